The number of carbonyl (C=O) groups is 1. The van der Waals surface area contributed by atoms with Crippen LogP contribution in [0.4, 0.5) is 4.79 Å². The number of hydrogen-bond donors (Lipinski definition) is 2. The molecular weight excluding hydrogens is 248 g/mol. The lowest BCUT2D eigenvalue weighted by atomic mass is 10.6. The van der Waals surface area contributed by atoms with Crippen LogP contribution in [-0.2, 0) is 11.3 Å². The minimum Gasteiger partial charge on any atom is -0.492 e. The summed E-state index contributed by atoms with van der Waals surface area (Å²) in [6.07, 6.45) is 0.517. The maximum Gasteiger partial charge on any atom is 0.534 e. The smallest absolute Gasteiger partial charge is 0.492 e. The second-order valence-corrected chi connectivity index (χ2v) is 3.91. The Kier molecular flexibility index (Phi) is 3.15. The summed E-state index contributed by atoms with van der Waals surface area (Å²) in [6.45, 7) is 0.0201. The number of aromatic nitrogens is 2. The van der Waals surface area contributed by atoms with Gasteiger partial charge in [0, 0.05) is 18.3 Å². The van der Waals surface area contributed by atoms with E-state index in [1.54, 1.807) is 11.7 Å². The third-order valence-electron chi connectivity index (χ3n) is 1.78. The third-order valence-corrected chi connectivity index (χ3v) is 2.53. The van der Waals surface area contributed by atoms with Gasteiger partial charge in [0.15, 0.2) is 0 Å². The van der Waals surface area contributed by atoms with Gasteiger partial charge < -0.3 is 14.9 Å². The number of carbonyl (C=O) groups excluding carboxylic acids is 1. The van der Waals surface area contributed by atoms with E-state index in [-0.39, 0.29) is 6.61 Å². The summed E-state index contributed by atoms with van der Waals surface area (Å²) < 4.78 is 5.29. The molecule has 2 rings (SSSR count). The van der Waals surface area contributed by atoms with Crippen molar-refractivity contribution in [2.24, 2.45) is 0 Å². The standard InChI is InChI=1S/C9H8N2O5S/c12-7-1-2-8(13)11(7)16-9(14)15-4-6-3-10-5-17-6/h1-3,5,12-13H,4H2. The first-order valence-electron chi connectivity index (χ1n) is 4.49. The van der Waals surface area contributed by atoms with Crippen LogP contribution in [0.3, 0.4) is 0 Å². The van der Waals surface area contributed by atoms with Crippen LogP contribution in [0, 0.1) is 0 Å². The number of thiazole rings is 1. The number of nitrogens with zero attached hydrogens (tertiary/aromatic N) is 2. The summed E-state index contributed by atoms with van der Waals surface area (Å²) in [5.74, 6) is -0.811. The Morgan fingerprint density at radius 1 is 1.41 bits per heavy atom. The Morgan fingerprint density at radius 2 is 2.12 bits per heavy atom. The van der Waals surface area contributed by atoms with Gasteiger partial charge in [-0.2, -0.15) is 0 Å². The topological polar surface area (TPSA) is 93.8 Å². The van der Waals surface area contributed by atoms with E-state index in [4.69, 9.17) is 4.74 Å². The van der Waals surface area contributed by atoms with E-state index in [0.29, 0.717) is 4.73 Å². The zero-order chi connectivity index (χ0) is 12.3. The zero-order valence-corrected chi connectivity index (χ0v) is 9.25. The van der Waals surface area contributed by atoms with Crippen LogP contribution >= 0.6 is 11.3 Å². The molecule has 90 valence electrons. The average molecular weight is 256 g/mol. The van der Waals surface area contributed by atoms with Crippen molar-refractivity contribution in [3.8, 4) is 11.8 Å². The Hall–Kier alpha value is -2.22. The summed E-state index contributed by atoms with van der Waals surface area (Å²) in [7, 11) is 0. The molecule has 0 unspecified atom stereocenters. The molecule has 0 aromatic carbocycles. The van der Waals surface area contributed by atoms with Crippen LogP contribution in [-0.4, -0.2) is 26.1 Å². The van der Waals surface area contributed by atoms with Crippen molar-refractivity contribution in [2.75, 3.05) is 0 Å². The third kappa shape index (κ3) is 2.67. The second-order valence-electron chi connectivity index (χ2n) is 2.94. The monoisotopic (exact) mass is 256 g/mol. The average Bonchev–Trinajstić information content (AvgIpc) is 2.91. The number of hydrogen-bond acceptors (Lipinski definition) is 7. The van der Waals surface area contributed by atoms with E-state index in [0.717, 1.165) is 4.88 Å². The Labute approximate surface area is 99.4 Å². The molecule has 2 aromatic rings. The van der Waals surface area contributed by atoms with Gasteiger partial charge in [-0.25, -0.2) is 4.79 Å². The van der Waals surface area contributed by atoms with E-state index in [1.165, 1.54) is 23.5 Å². The van der Waals surface area contributed by atoms with Crippen LogP contribution in [0.1, 0.15) is 4.88 Å². The van der Waals surface area contributed by atoms with Gasteiger partial charge in [-0.3, -0.25) is 9.82 Å². The normalized spacial score (nSPS) is 10.1. The molecule has 2 N–H and O–H groups in total. The highest BCUT2D eigenvalue weighted by atomic mass is 32.1. The molecule has 17 heavy (non-hydrogen) atoms. The van der Waals surface area contributed by atoms with E-state index < -0.39 is 17.9 Å². The highest BCUT2D eigenvalue weighted by molar-refractivity contribution is 7.09. The van der Waals surface area contributed by atoms with Gasteiger partial charge in [-0.15, -0.1) is 16.1 Å². The molecule has 0 fully saturated rings. The molecule has 0 amide bonds. The molecule has 0 saturated carbocycles. The van der Waals surface area contributed by atoms with E-state index in [1.807, 2.05) is 0 Å². The van der Waals surface area contributed by atoms with Crippen LogP contribution in [0.2, 0.25) is 0 Å². The van der Waals surface area contributed by atoms with Gasteiger partial charge in [0.1, 0.15) is 6.61 Å². The zero-order valence-electron chi connectivity index (χ0n) is 8.44. The molecule has 7 nitrogen and oxygen atoms in total. The summed E-state index contributed by atoms with van der Waals surface area (Å²) in [5, 5.41) is 18.4. The molecule has 0 aliphatic rings. The van der Waals surface area contributed by atoms with Gasteiger partial charge in [0.2, 0.25) is 11.8 Å². The molecular formula is C9H8N2O5S. The van der Waals surface area contributed by atoms with Crippen molar-refractivity contribution in [1.29, 1.82) is 0 Å². The highest BCUT2D eigenvalue weighted by Gasteiger charge is 2.13. The molecule has 0 bridgehead atoms. The quantitative estimate of drug-likeness (QED) is 0.799. The van der Waals surface area contributed by atoms with Crippen LogP contribution < -0.4 is 4.84 Å². The fraction of sp³-hybridized carbons (Fsp3) is 0.111. The first kappa shape index (κ1) is 11.3. The van der Waals surface area contributed by atoms with Crippen molar-refractivity contribution >= 4 is 17.5 Å². The lowest BCUT2D eigenvalue weighted by molar-refractivity contribution is 0.0316. The fourth-order valence-electron chi connectivity index (χ4n) is 1.04. The van der Waals surface area contributed by atoms with Crippen molar-refractivity contribution in [3.05, 3.63) is 28.7 Å². The summed E-state index contributed by atoms with van der Waals surface area (Å²) in [4.78, 5) is 20.3. The van der Waals surface area contributed by atoms with Crippen LogP contribution in [0.5, 0.6) is 11.8 Å². The maximum absolute atomic E-state index is 11.2. The molecule has 2 heterocycles. The lowest BCUT2D eigenvalue weighted by Gasteiger charge is -2.06. The first-order valence-corrected chi connectivity index (χ1v) is 5.37. The molecule has 8 heteroatoms. The maximum atomic E-state index is 11.2. The molecule has 0 aliphatic heterocycles. The fourth-order valence-corrected chi connectivity index (χ4v) is 1.55. The van der Waals surface area contributed by atoms with E-state index >= 15 is 0 Å². The van der Waals surface area contributed by atoms with Crippen molar-refractivity contribution in [1.82, 2.24) is 9.71 Å². The Balaban J connectivity index is 1.89. The molecule has 0 atom stereocenters. The Bertz CT molecular complexity index is 488. The van der Waals surface area contributed by atoms with Gasteiger partial charge in [0.25, 0.3) is 0 Å². The minimum atomic E-state index is -1.04. The molecule has 0 aliphatic carbocycles. The van der Waals surface area contributed by atoms with E-state index in [2.05, 4.69) is 9.82 Å². The highest BCUT2D eigenvalue weighted by Crippen LogP contribution is 2.18. The van der Waals surface area contributed by atoms with Crippen molar-refractivity contribution in [2.45, 2.75) is 6.61 Å². The summed E-state index contributed by atoms with van der Waals surface area (Å²) in [5.41, 5.74) is 1.60. The number of ether oxygens (including phenoxy) is 1. The first-order chi connectivity index (χ1) is 8.16. The summed E-state index contributed by atoms with van der Waals surface area (Å²) in [6, 6.07) is 2.34. The summed E-state index contributed by atoms with van der Waals surface area (Å²) >= 11 is 1.33. The van der Waals surface area contributed by atoms with Gasteiger partial charge >= 0.3 is 6.16 Å². The molecule has 2 aromatic heterocycles. The minimum absolute atomic E-state index is 0.0201. The molecule has 0 spiro atoms. The predicted octanol–water partition coefficient (Wildman–Crippen LogP) is 1.12. The largest absolute Gasteiger partial charge is 0.534 e. The predicted molar refractivity (Wildman–Crippen MR) is 56.6 cm³/mol. The Morgan fingerprint density at radius 3 is 2.71 bits per heavy atom. The van der Waals surface area contributed by atoms with Crippen molar-refractivity contribution in [3.63, 3.8) is 0 Å². The van der Waals surface area contributed by atoms with Gasteiger partial charge in [-0.05, 0) is 0 Å². The van der Waals surface area contributed by atoms with Crippen LogP contribution in [0.15, 0.2) is 23.8 Å². The lowest BCUT2D eigenvalue weighted by Crippen LogP contribution is -2.19. The second kappa shape index (κ2) is 4.74. The van der Waals surface area contributed by atoms with Crippen molar-refractivity contribution < 1.29 is 24.6 Å². The van der Waals surface area contributed by atoms with Crippen LogP contribution in [0.25, 0.3) is 0 Å². The SMILES string of the molecule is O=C(OCc1cncs1)On1c(O)ccc1O. The number of aromatic hydroxyl groups is 2. The number of rotatable bonds is 3. The molecule has 0 saturated heterocycles. The molecule has 0 radical (unpaired) electrons. The van der Waals surface area contributed by atoms with Gasteiger partial charge in [-0.1, -0.05) is 0 Å². The van der Waals surface area contributed by atoms with Gasteiger partial charge in [0.05, 0.1) is 10.4 Å². The van der Waals surface area contributed by atoms with E-state index in [9.17, 15) is 15.0 Å².